The second-order valence-electron chi connectivity index (χ2n) is 5.78. The molecular formula is C17H25IO3. The molecule has 0 unspecified atom stereocenters. The normalized spacial score (nSPS) is 32.5. The van der Waals surface area contributed by atoms with Crippen LogP contribution >= 0.6 is 23.0 Å². The van der Waals surface area contributed by atoms with Crippen molar-refractivity contribution in [2.45, 2.75) is 50.9 Å². The molecule has 0 N–H and O–H groups in total. The van der Waals surface area contributed by atoms with Crippen molar-refractivity contribution in [2.24, 2.45) is 5.92 Å². The Balaban J connectivity index is 2.21. The summed E-state index contributed by atoms with van der Waals surface area (Å²) in [5, 5.41) is 0. The first-order valence-corrected chi connectivity index (χ1v) is 8.56. The Kier molecular flexibility index (Phi) is 6.47. The van der Waals surface area contributed by atoms with E-state index in [0.717, 1.165) is 19.3 Å². The van der Waals surface area contributed by atoms with Gasteiger partial charge in [-0.25, -0.2) is 0 Å². The van der Waals surface area contributed by atoms with Crippen LogP contribution in [-0.4, -0.2) is 31.5 Å². The minimum atomic E-state index is -0.323. The molecule has 0 aliphatic carbocycles. The van der Waals surface area contributed by atoms with Gasteiger partial charge in [0, 0.05) is 13.0 Å². The van der Waals surface area contributed by atoms with E-state index in [1.807, 2.05) is 29.1 Å². The Morgan fingerprint density at radius 2 is 1.95 bits per heavy atom. The lowest BCUT2D eigenvalue weighted by molar-refractivity contribution is -0.109. The van der Waals surface area contributed by atoms with Crippen LogP contribution in [0.2, 0.25) is 0 Å². The van der Waals surface area contributed by atoms with E-state index in [1.165, 1.54) is 5.56 Å². The Hall–Kier alpha value is -0.170. The van der Waals surface area contributed by atoms with Gasteiger partial charge in [-0.05, 0) is 24.8 Å². The van der Waals surface area contributed by atoms with E-state index in [-0.39, 0.29) is 17.8 Å². The third-order valence-electron chi connectivity index (χ3n) is 4.61. The molecule has 4 heteroatoms. The number of ether oxygens (including phenoxy) is 2. The van der Waals surface area contributed by atoms with E-state index in [9.17, 15) is 0 Å². The largest absolute Gasteiger partial charge is 0.382 e. The Morgan fingerprint density at radius 3 is 2.48 bits per heavy atom. The van der Waals surface area contributed by atoms with Gasteiger partial charge >= 0.3 is 0 Å². The highest BCUT2D eigenvalue weighted by Gasteiger charge is 2.54. The average molecular weight is 404 g/mol. The van der Waals surface area contributed by atoms with E-state index in [2.05, 4.69) is 38.1 Å². The van der Waals surface area contributed by atoms with Crippen LogP contribution < -0.4 is 0 Å². The quantitative estimate of drug-likeness (QED) is 0.638. The molecule has 0 aromatic heterocycles. The van der Waals surface area contributed by atoms with Crippen LogP contribution in [0.5, 0.6) is 0 Å². The number of benzene rings is 1. The minimum absolute atomic E-state index is 0.0850. The van der Waals surface area contributed by atoms with Crippen LogP contribution in [0.1, 0.15) is 32.3 Å². The minimum Gasteiger partial charge on any atom is -0.382 e. The van der Waals surface area contributed by atoms with Crippen molar-refractivity contribution in [3.05, 3.63) is 35.9 Å². The van der Waals surface area contributed by atoms with Crippen molar-refractivity contribution in [3.8, 4) is 0 Å². The summed E-state index contributed by atoms with van der Waals surface area (Å²) in [4.78, 5) is 0. The van der Waals surface area contributed by atoms with Gasteiger partial charge in [-0.2, -0.15) is 0 Å². The zero-order valence-corrected chi connectivity index (χ0v) is 15.2. The molecule has 0 radical (unpaired) electrons. The Bertz CT molecular complexity index is 425. The van der Waals surface area contributed by atoms with Gasteiger partial charge in [-0.3, -0.25) is 0 Å². The van der Waals surface area contributed by atoms with Crippen LogP contribution in [0.25, 0.3) is 0 Å². The zero-order valence-electron chi connectivity index (χ0n) is 13.0. The number of hydrogen-bond donors (Lipinski definition) is 0. The summed E-state index contributed by atoms with van der Waals surface area (Å²) in [5.41, 5.74) is 0.994. The molecule has 1 fully saturated rings. The van der Waals surface area contributed by atoms with Crippen LogP contribution in [0, 0.1) is 5.92 Å². The van der Waals surface area contributed by atoms with Crippen molar-refractivity contribution in [1.82, 2.24) is 0 Å². The third-order valence-corrected chi connectivity index (χ3v) is 5.15. The summed E-state index contributed by atoms with van der Waals surface area (Å²) >= 11 is 2.02. The maximum absolute atomic E-state index is 6.49. The average Bonchev–Trinajstić information content (AvgIpc) is 2.81. The molecule has 0 spiro atoms. The van der Waals surface area contributed by atoms with Crippen LogP contribution in [0.4, 0.5) is 0 Å². The van der Waals surface area contributed by atoms with Gasteiger partial charge < -0.3 is 12.5 Å². The smallest absolute Gasteiger partial charge is 0.119 e. The predicted octanol–water partition coefficient (Wildman–Crippen LogP) is 4.18. The molecule has 0 bridgehead atoms. The third kappa shape index (κ3) is 3.60. The summed E-state index contributed by atoms with van der Waals surface area (Å²) in [6, 6.07) is 10.5. The second-order valence-corrected chi connectivity index (χ2v) is 6.29. The predicted molar refractivity (Wildman–Crippen MR) is 92.6 cm³/mol. The fourth-order valence-electron chi connectivity index (χ4n) is 3.45. The van der Waals surface area contributed by atoms with Gasteiger partial charge in [0.1, 0.15) is 34.7 Å². The summed E-state index contributed by atoms with van der Waals surface area (Å²) in [7, 11) is 1.73. The molecule has 1 aromatic carbocycles. The standard InChI is InChI=1S/C17H25IO3/c1-4-14-15(11-13-9-7-6-8-10-13)20-17(5-2,12-19-3)16(14)21-18/h6-10,14-16H,4-5,11-12H2,1-3H3/t14-,15-,16-,17+/m0/s1. The molecular weight excluding hydrogens is 379 g/mol. The van der Waals surface area contributed by atoms with Crippen LogP contribution in [-0.2, 0) is 19.0 Å². The van der Waals surface area contributed by atoms with Crippen molar-refractivity contribution in [1.29, 1.82) is 0 Å². The van der Waals surface area contributed by atoms with Crippen molar-refractivity contribution >= 4 is 23.0 Å². The fourth-order valence-corrected chi connectivity index (χ4v) is 4.29. The summed E-state index contributed by atoms with van der Waals surface area (Å²) < 4.78 is 17.7. The second kappa shape index (κ2) is 7.90. The molecule has 2 rings (SSSR count). The van der Waals surface area contributed by atoms with E-state index in [0.29, 0.717) is 12.5 Å². The van der Waals surface area contributed by atoms with Crippen molar-refractivity contribution in [3.63, 3.8) is 0 Å². The number of hydrogen-bond acceptors (Lipinski definition) is 3. The van der Waals surface area contributed by atoms with Crippen LogP contribution in [0.15, 0.2) is 30.3 Å². The number of methoxy groups -OCH3 is 1. The highest BCUT2D eigenvalue weighted by Crippen LogP contribution is 2.43. The first-order valence-electron chi connectivity index (χ1n) is 7.68. The fraction of sp³-hybridized carbons (Fsp3) is 0.647. The molecule has 1 saturated heterocycles. The zero-order chi connectivity index (χ0) is 15.3. The Labute approximate surface area is 142 Å². The van der Waals surface area contributed by atoms with Gasteiger partial charge in [0.15, 0.2) is 0 Å². The van der Waals surface area contributed by atoms with E-state index in [4.69, 9.17) is 12.5 Å². The first-order chi connectivity index (χ1) is 10.2. The van der Waals surface area contributed by atoms with Crippen molar-refractivity contribution in [2.75, 3.05) is 13.7 Å². The highest BCUT2D eigenvalue weighted by atomic mass is 127. The summed E-state index contributed by atoms with van der Waals surface area (Å²) in [5.74, 6) is 0.400. The van der Waals surface area contributed by atoms with Gasteiger partial charge in [0.2, 0.25) is 0 Å². The lowest BCUT2D eigenvalue weighted by atomic mass is 9.84. The van der Waals surface area contributed by atoms with Gasteiger partial charge in [0.25, 0.3) is 0 Å². The molecule has 0 saturated carbocycles. The molecule has 4 atom stereocenters. The molecule has 118 valence electrons. The van der Waals surface area contributed by atoms with E-state index >= 15 is 0 Å². The maximum Gasteiger partial charge on any atom is 0.119 e. The maximum atomic E-state index is 6.49. The summed E-state index contributed by atoms with van der Waals surface area (Å²) in [6.45, 7) is 4.95. The van der Waals surface area contributed by atoms with E-state index in [1.54, 1.807) is 7.11 Å². The number of rotatable bonds is 7. The SMILES string of the molecule is CC[C@H]1[C@H](Cc2ccccc2)O[C@](CC)(COC)[C@H]1OI. The monoisotopic (exact) mass is 404 g/mol. The lowest BCUT2D eigenvalue weighted by Gasteiger charge is -2.32. The van der Waals surface area contributed by atoms with Gasteiger partial charge in [-0.1, -0.05) is 44.2 Å². The molecule has 1 aromatic rings. The molecule has 0 amide bonds. The molecule has 3 nitrogen and oxygen atoms in total. The molecule has 21 heavy (non-hydrogen) atoms. The molecule has 1 aliphatic rings. The van der Waals surface area contributed by atoms with Crippen LogP contribution in [0.3, 0.4) is 0 Å². The van der Waals surface area contributed by atoms with E-state index < -0.39 is 0 Å². The molecule has 1 heterocycles. The highest BCUT2D eigenvalue weighted by molar-refractivity contribution is 14.1. The first kappa shape index (κ1) is 17.2. The topological polar surface area (TPSA) is 27.7 Å². The van der Waals surface area contributed by atoms with Crippen molar-refractivity contribution < 1.29 is 12.5 Å². The lowest BCUT2D eigenvalue weighted by Crippen LogP contribution is -2.45. The van der Waals surface area contributed by atoms with Gasteiger partial charge in [0.05, 0.1) is 12.7 Å². The van der Waals surface area contributed by atoms with Gasteiger partial charge in [-0.15, -0.1) is 0 Å². The summed E-state index contributed by atoms with van der Waals surface area (Å²) in [6.07, 6.45) is 3.16. The Morgan fingerprint density at radius 1 is 1.24 bits per heavy atom. The molecule has 1 aliphatic heterocycles. The number of halogens is 1.